The van der Waals surface area contributed by atoms with Crippen molar-refractivity contribution in [2.45, 2.75) is 33.0 Å². The Labute approximate surface area is 146 Å². The molecular formula is C18H21N5O2. The fourth-order valence-electron chi connectivity index (χ4n) is 2.53. The van der Waals surface area contributed by atoms with E-state index in [0.717, 1.165) is 22.6 Å². The van der Waals surface area contributed by atoms with Crippen LogP contribution in [0.2, 0.25) is 0 Å². The van der Waals surface area contributed by atoms with E-state index < -0.39 is 0 Å². The molecule has 0 aliphatic rings. The summed E-state index contributed by atoms with van der Waals surface area (Å²) in [6.45, 7) is 4.86. The number of urea groups is 1. The third-order valence-electron chi connectivity index (χ3n) is 3.79. The van der Waals surface area contributed by atoms with Crippen LogP contribution in [0.25, 0.3) is 0 Å². The molecule has 0 radical (unpaired) electrons. The molecule has 0 saturated carbocycles. The monoisotopic (exact) mass is 339 g/mol. The highest BCUT2D eigenvalue weighted by Crippen LogP contribution is 2.15. The number of hydrogen-bond acceptors (Lipinski definition) is 4. The second kappa shape index (κ2) is 7.65. The highest BCUT2D eigenvalue weighted by molar-refractivity contribution is 5.74. The van der Waals surface area contributed by atoms with Gasteiger partial charge >= 0.3 is 6.03 Å². The number of amides is 2. The SMILES string of the molecule is Cc1ccc(C(C)NC(=O)NCc2cccc(Cn3cncn3)c2)o1. The van der Waals surface area contributed by atoms with Crippen LogP contribution in [-0.4, -0.2) is 20.8 Å². The van der Waals surface area contributed by atoms with Crippen molar-refractivity contribution in [2.75, 3.05) is 0 Å². The summed E-state index contributed by atoms with van der Waals surface area (Å²) >= 11 is 0. The number of nitrogens with zero attached hydrogens (tertiary/aromatic N) is 3. The van der Waals surface area contributed by atoms with Gasteiger partial charge in [0.1, 0.15) is 24.2 Å². The Morgan fingerprint density at radius 3 is 2.84 bits per heavy atom. The second-order valence-corrected chi connectivity index (χ2v) is 5.91. The molecule has 3 rings (SSSR count). The summed E-state index contributed by atoms with van der Waals surface area (Å²) in [6, 6.07) is 11.3. The lowest BCUT2D eigenvalue weighted by Crippen LogP contribution is -2.36. The van der Waals surface area contributed by atoms with Crippen molar-refractivity contribution in [1.29, 1.82) is 0 Å². The van der Waals surface area contributed by atoms with Crippen molar-refractivity contribution in [1.82, 2.24) is 25.4 Å². The summed E-state index contributed by atoms with van der Waals surface area (Å²) in [5, 5.41) is 9.83. The Morgan fingerprint density at radius 2 is 2.12 bits per heavy atom. The van der Waals surface area contributed by atoms with E-state index in [4.69, 9.17) is 4.42 Å². The van der Waals surface area contributed by atoms with Crippen LogP contribution in [-0.2, 0) is 13.1 Å². The number of furan rings is 1. The normalized spacial score (nSPS) is 11.9. The van der Waals surface area contributed by atoms with Gasteiger partial charge in [-0.1, -0.05) is 24.3 Å². The molecular weight excluding hydrogens is 318 g/mol. The van der Waals surface area contributed by atoms with E-state index in [1.807, 2.05) is 50.2 Å². The minimum Gasteiger partial charge on any atom is -0.464 e. The van der Waals surface area contributed by atoms with Gasteiger partial charge in [-0.15, -0.1) is 0 Å². The molecule has 7 nitrogen and oxygen atoms in total. The zero-order chi connectivity index (χ0) is 17.6. The molecule has 0 saturated heterocycles. The molecule has 130 valence electrons. The summed E-state index contributed by atoms with van der Waals surface area (Å²) < 4.78 is 7.27. The van der Waals surface area contributed by atoms with Crippen LogP contribution in [0, 0.1) is 6.92 Å². The number of carbonyl (C=O) groups excluding carboxylic acids is 1. The first kappa shape index (κ1) is 16.8. The van der Waals surface area contributed by atoms with Gasteiger partial charge in [0.2, 0.25) is 0 Å². The lowest BCUT2D eigenvalue weighted by atomic mass is 10.1. The predicted octanol–water partition coefficient (Wildman–Crippen LogP) is 2.79. The van der Waals surface area contributed by atoms with Crippen molar-refractivity contribution >= 4 is 6.03 Å². The zero-order valence-electron chi connectivity index (χ0n) is 14.3. The first-order chi connectivity index (χ1) is 12.1. The van der Waals surface area contributed by atoms with E-state index in [1.54, 1.807) is 11.0 Å². The van der Waals surface area contributed by atoms with Crippen LogP contribution in [0.4, 0.5) is 4.79 Å². The van der Waals surface area contributed by atoms with Crippen molar-refractivity contribution in [3.05, 3.63) is 71.7 Å². The summed E-state index contributed by atoms with van der Waals surface area (Å²) in [7, 11) is 0. The molecule has 0 aliphatic carbocycles. The number of benzene rings is 1. The van der Waals surface area contributed by atoms with Crippen molar-refractivity contribution in [3.8, 4) is 0 Å². The van der Waals surface area contributed by atoms with Gasteiger partial charge in [0.25, 0.3) is 0 Å². The molecule has 7 heteroatoms. The Hall–Kier alpha value is -3.09. The number of aryl methyl sites for hydroxylation is 1. The topological polar surface area (TPSA) is 85.0 Å². The molecule has 25 heavy (non-hydrogen) atoms. The lowest BCUT2D eigenvalue weighted by Gasteiger charge is -2.13. The van der Waals surface area contributed by atoms with Gasteiger partial charge in [-0.2, -0.15) is 5.10 Å². The van der Waals surface area contributed by atoms with Gasteiger partial charge in [0.05, 0.1) is 12.6 Å². The van der Waals surface area contributed by atoms with E-state index in [-0.39, 0.29) is 12.1 Å². The molecule has 1 unspecified atom stereocenters. The van der Waals surface area contributed by atoms with E-state index in [9.17, 15) is 4.79 Å². The van der Waals surface area contributed by atoms with Crippen LogP contribution in [0.3, 0.4) is 0 Å². The highest BCUT2D eigenvalue weighted by atomic mass is 16.3. The van der Waals surface area contributed by atoms with Crippen molar-refractivity contribution < 1.29 is 9.21 Å². The van der Waals surface area contributed by atoms with Crippen LogP contribution in [0.1, 0.15) is 35.6 Å². The molecule has 3 aromatic rings. The Morgan fingerprint density at radius 1 is 1.28 bits per heavy atom. The summed E-state index contributed by atoms with van der Waals surface area (Å²) in [5.41, 5.74) is 2.12. The third kappa shape index (κ3) is 4.69. The Balaban J connectivity index is 1.51. The van der Waals surface area contributed by atoms with Gasteiger partial charge < -0.3 is 15.1 Å². The van der Waals surface area contributed by atoms with Gasteiger partial charge in [0, 0.05) is 6.54 Å². The number of carbonyl (C=O) groups is 1. The molecule has 2 N–H and O–H groups in total. The maximum absolute atomic E-state index is 12.1. The molecule has 0 spiro atoms. The molecule has 2 amide bonds. The van der Waals surface area contributed by atoms with Crippen LogP contribution in [0.15, 0.2) is 53.5 Å². The Bertz CT molecular complexity index is 826. The minimum atomic E-state index is -0.233. The first-order valence-electron chi connectivity index (χ1n) is 8.11. The molecule has 2 heterocycles. The van der Waals surface area contributed by atoms with E-state index in [0.29, 0.717) is 13.1 Å². The summed E-state index contributed by atoms with van der Waals surface area (Å²) in [6.07, 6.45) is 3.19. The quantitative estimate of drug-likeness (QED) is 0.723. The maximum atomic E-state index is 12.1. The van der Waals surface area contributed by atoms with Gasteiger partial charge in [-0.25, -0.2) is 14.5 Å². The zero-order valence-corrected chi connectivity index (χ0v) is 14.3. The fraction of sp³-hybridized carbons (Fsp3) is 0.278. The predicted molar refractivity (Wildman–Crippen MR) is 92.8 cm³/mol. The average molecular weight is 339 g/mol. The molecule has 1 aromatic carbocycles. The molecule has 0 aliphatic heterocycles. The van der Waals surface area contributed by atoms with Crippen LogP contribution < -0.4 is 10.6 Å². The fourth-order valence-corrected chi connectivity index (χ4v) is 2.53. The molecule has 0 bridgehead atoms. The van der Waals surface area contributed by atoms with Crippen LogP contribution in [0.5, 0.6) is 0 Å². The third-order valence-corrected chi connectivity index (χ3v) is 3.79. The first-order valence-corrected chi connectivity index (χ1v) is 8.11. The van der Waals surface area contributed by atoms with E-state index >= 15 is 0 Å². The molecule has 0 fully saturated rings. The number of rotatable bonds is 6. The second-order valence-electron chi connectivity index (χ2n) is 5.91. The molecule has 2 aromatic heterocycles. The van der Waals surface area contributed by atoms with Gasteiger partial charge in [-0.3, -0.25) is 0 Å². The highest BCUT2D eigenvalue weighted by Gasteiger charge is 2.12. The van der Waals surface area contributed by atoms with Crippen molar-refractivity contribution in [2.24, 2.45) is 0 Å². The summed E-state index contributed by atoms with van der Waals surface area (Å²) in [5.74, 6) is 1.57. The smallest absolute Gasteiger partial charge is 0.315 e. The minimum absolute atomic E-state index is 0.188. The number of hydrogen-bond donors (Lipinski definition) is 2. The number of nitrogens with one attached hydrogen (secondary N) is 2. The van der Waals surface area contributed by atoms with Gasteiger partial charge in [-0.05, 0) is 37.1 Å². The van der Waals surface area contributed by atoms with Gasteiger partial charge in [0.15, 0.2) is 0 Å². The summed E-state index contributed by atoms with van der Waals surface area (Å²) in [4.78, 5) is 16.0. The largest absolute Gasteiger partial charge is 0.464 e. The molecule has 1 atom stereocenters. The van der Waals surface area contributed by atoms with Crippen LogP contribution >= 0.6 is 0 Å². The Kier molecular flexibility index (Phi) is 5.13. The number of aromatic nitrogens is 3. The standard InChI is InChI=1S/C18H21N5O2/c1-13-6-7-17(25-13)14(2)22-18(24)20-9-15-4-3-5-16(8-15)10-23-12-19-11-21-23/h3-8,11-12,14H,9-10H2,1-2H3,(H2,20,22,24). The lowest BCUT2D eigenvalue weighted by molar-refractivity contribution is 0.235. The average Bonchev–Trinajstić information content (AvgIpc) is 3.25. The van der Waals surface area contributed by atoms with E-state index in [1.165, 1.54) is 6.33 Å². The van der Waals surface area contributed by atoms with E-state index in [2.05, 4.69) is 20.7 Å². The van der Waals surface area contributed by atoms with Crippen molar-refractivity contribution in [3.63, 3.8) is 0 Å². The maximum Gasteiger partial charge on any atom is 0.315 e.